The topological polar surface area (TPSA) is 77.8 Å². The Labute approximate surface area is 145 Å². The van der Waals surface area contributed by atoms with E-state index in [-0.39, 0.29) is 12.5 Å². The first-order chi connectivity index (χ1) is 11.6. The smallest absolute Gasteiger partial charge is 0.303 e. The highest BCUT2D eigenvalue weighted by molar-refractivity contribution is 5.66. The van der Waals surface area contributed by atoms with E-state index in [1.807, 2.05) is 55.5 Å². The summed E-state index contributed by atoms with van der Waals surface area (Å²) in [6, 6.07) is 0. The van der Waals surface area contributed by atoms with Gasteiger partial charge in [-0.05, 0) is 32.1 Å². The van der Waals surface area contributed by atoms with Gasteiger partial charge >= 0.3 is 5.97 Å². The quantitative estimate of drug-likeness (QED) is 0.271. The van der Waals surface area contributed by atoms with Crippen molar-refractivity contribution in [1.29, 1.82) is 0 Å². The summed E-state index contributed by atoms with van der Waals surface area (Å²) in [6.45, 7) is 1.93. The molecule has 24 heavy (non-hydrogen) atoms. The monoisotopic (exact) mass is 334 g/mol. The lowest BCUT2D eigenvalue weighted by Gasteiger charge is -1.99. The minimum absolute atomic E-state index is 0.182. The summed E-state index contributed by atoms with van der Waals surface area (Å²) in [4.78, 5) is 10.3. The van der Waals surface area contributed by atoms with Gasteiger partial charge in [-0.1, -0.05) is 67.7 Å². The van der Waals surface area contributed by atoms with Gasteiger partial charge in [0.05, 0.1) is 12.2 Å². The molecule has 0 aromatic rings. The van der Waals surface area contributed by atoms with Crippen LogP contribution in [0.2, 0.25) is 0 Å². The molecule has 0 aromatic carbocycles. The molecular formula is C20H30O4. The van der Waals surface area contributed by atoms with E-state index >= 15 is 0 Å². The Bertz CT molecular complexity index is 458. The van der Waals surface area contributed by atoms with Crippen LogP contribution in [0.4, 0.5) is 0 Å². The number of aliphatic carboxylic acids is 1. The van der Waals surface area contributed by atoms with Crippen molar-refractivity contribution < 1.29 is 20.1 Å². The molecule has 0 bridgehead atoms. The minimum atomic E-state index is -0.775. The van der Waals surface area contributed by atoms with Crippen molar-refractivity contribution >= 4 is 5.97 Å². The summed E-state index contributed by atoms with van der Waals surface area (Å²) in [6.07, 6.45) is 21.3. The molecule has 0 spiro atoms. The molecule has 0 aromatic heterocycles. The molecule has 0 rings (SSSR count). The number of carboxylic acids is 1. The van der Waals surface area contributed by atoms with Crippen molar-refractivity contribution in [2.24, 2.45) is 0 Å². The van der Waals surface area contributed by atoms with Crippen molar-refractivity contribution in [3.8, 4) is 0 Å². The largest absolute Gasteiger partial charge is 0.481 e. The van der Waals surface area contributed by atoms with Gasteiger partial charge in [-0.25, -0.2) is 0 Å². The average Bonchev–Trinajstić information content (AvgIpc) is 2.55. The molecule has 0 amide bonds. The second-order valence-electron chi connectivity index (χ2n) is 5.40. The van der Waals surface area contributed by atoms with Crippen LogP contribution in [0.15, 0.2) is 60.8 Å². The summed E-state index contributed by atoms with van der Waals surface area (Å²) in [5, 5.41) is 27.5. The standard InChI is InChI=1S/C20H30O4/c1-2-18(21)14-10-6-4-3-5-7-11-15-19(22)16-12-8-9-13-17-20(23)24/h4-8,10-12,14-15,18-19,21-22H,2-3,9,13,16-17H2,1H3,(H,23,24)/b6-4-,7-5-,12-8-,14-10+,15-11-/t18-,19-/m1/s1. The fraction of sp³-hybridized carbons (Fsp3) is 0.450. The molecule has 0 fully saturated rings. The first kappa shape index (κ1) is 22.1. The van der Waals surface area contributed by atoms with Crippen LogP contribution in [0.5, 0.6) is 0 Å². The maximum atomic E-state index is 10.3. The van der Waals surface area contributed by atoms with Crippen molar-refractivity contribution in [2.75, 3.05) is 0 Å². The van der Waals surface area contributed by atoms with E-state index in [1.165, 1.54) is 0 Å². The predicted molar refractivity (Wildman–Crippen MR) is 98.7 cm³/mol. The van der Waals surface area contributed by atoms with Crippen molar-refractivity contribution in [1.82, 2.24) is 0 Å². The molecule has 0 saturated carbocycles. The van der Waals surface area contributed by atoms with Crippen molar-refractivity contribution in [2.45, 2.75) is 57.7 Å². The Hall–Kier alpha value is -1.91. The third kappa shape index (κ3) is 16.5. The summed E-state index contributed by atoms with van der Waals surface area (Å²) in [5.41, 5.74) is 0. The maximum Gasteiger partial charge on any atom is 0.303 e. The maximum absolute atomic E-state index is 10.3. The van der Waals surface area contributed by atoms with Crippen LogP contribution in [0.1, 0.15) is 45.4 Å². The van der Waals surface area contributed by atoms with Crippen molar-refractivity contribution in [3.05, 3.63) is 60.8 Å². The molecule has 0 saturated heterocycles. The van der Waals surface area contributed by atoms with Crippen LogP contribution < -0.4 is 0 Å². The molecule has 0 heterocycles. The van der Waals surface area contributed by atoms with Crippen LogP contribution in [-0.2, 0) is 4.79 Å². The zero-order chi connectivity index (χ0) is 18.0. The molecule has 0 aliphatic rings. The van der Waals surface area contributed by atoms with E-state index in [4.69, 9.17) is 5.11 Å². The Kier molecular flexibility index (Phi) is 14.7. The number of carbonyl (C=O) groups is 1. The first-order valence-electron chi connectivity index (χ1n) is 8.45. The summed E-state index contributed by atoms with van der Waals surface area (Å²) >= 11 is 0. The zero-order valence-electron chi connectivity index (χ0n) is 14.4. The molecular weight excluding hydrogens is 304 g/mol. The van der Waals surface area contributed by atoms with Crippen LogP contribution in [-0.4, -0.2) is 33.5 Å². The second kappa shape index (κ2) is 16.0. The third-order valence-electron chi connectivity index (χ3n) is 3.16. The number of aliphatic hydroxyl groups is 2. The lowest BCUT2D eigenvalue weighted by Crippen LogP contribution is -1.98. The SMILES string of the molecule is CC[C@@H](O)/C=C/C=C\C/C=C\C=C/[C@@H](O)C/C=C\CCCC(=O)O. The van der Waals surface area contributed by atoms with Crippen LogP contribution in [0, 0.1) is 0 Å². The summed E-state index contributed by atoms with van der Waals surface area (Å²) in [7, 11) is 0. The molecule has 4 nitrogen and oxygen atoms in total. The van der Waals surface area contributed by atoms with Crippen LogP contribution in [0.25, 0.3) is 0 Å². The lowest BCUT2D eigenvalue weighted by molar-refractivity contribution is -0.137. The highest BCUT2D eigenvalue weighted by Crippen LogP contribution is 2.01. The molecule has 134 valence electrons. The van der Waals surface area contributed by atoms with E-state index in [2.05, 4.69) is 0 Å². The Balaban J connectivity index is 3.77. The number of carboxylic acid groups (broad SMARTS) is 1. The number of allylic oxidation sites excluding steroid dienone is 7. The number of rotatable bonds is 13. The number of aliphatic hydroxyl groups excluding tert-OH is 2. The van der Waals surface area contributed by atoms with Gasteiger partial charge in [-0.2, -0.15) is 0 Å². The van der Waals surface area contributed by atoms with E-state index in [9.17, 15) is 15.0 Å². The first-order valence-corrected chi connectivity index (χ1v) is 8.45. The molecule has 0 aliphatic heterocycles. The second-order valence-corrected chi connectivity index (χ2v) is 5.40. The molecule has 3 N–H and O–H groups in total. The minimum Gasteiger partial charge on any atom is -0.481 e. The molecule has 4 heteroatoms. The van der Waals surface area contributed by atoms with Gasteiger partial charge in [0, 0.05) is 6.42 Å². The highest BCUT2D eigenvalue weighted by atomic mass is 16.4. The highest BCUT2D eigenvalue weighted by Gasteiger charge is 1.95. The lowest BCUT2D eigenvalue weighted by atomic mass is 10.2. The van der Waals surface area contributed by atoms with Gasteiger partial charge in [0.1, 0.15) is 0 Å². The van der Waals surface area contributed by atoms with Gasteiger partial charge in [0.15, 0.2) is 0 Å². The van der Waals surface area contributed by atoms with Crippen LogP contribution >= 0.6 is 0 Å². The fourth-order valence-corrected chi connectivity index (χ4v) is 1.72. The molecule has 2 atom stereocenters. The molecule has 0 unspecified atom stereocenters. The number of unbranched alkanes of at least 4 members (excludes halogenated alkanes) is 1. The zero-order valence-corrected chi connectivity index (χ0v) is 14.4. The van der Waals surface area contributed by atoms with Gasteiger partial charge in [-0.3, -0.25) is 4.79 Å². The Morgan fingerprint density at radius 2 is 1.54 bits per heavy atom. The van der Waals surface area contributed by atoms with Gasteiger partial charge in [-0.15, -0.1) is 0 Å². The van der Waals surface area contributed by atoms with E-state index in [0.717, 1.165) is 19.3 Å². The van der Waals surface area contributed by atoms with E-state index in [1.54, 1.807) is 12.2 Å². The molecule has 0 radical (unpaired) electrons. The average molecular weight is 334 g/mol. The summed E-state index contributed by atoms with van der Waals surface area (Å²) < 4.78 is 0. The van der Waals surface area contributed by atoms with E-state index in [0.29, 0.717) is 12.8 Å². The predicted octanol–water partition coefficient (Wildman–Crippen LogP) is 3.93. The summed E-state index contributed by atoms with van der Waals surface area (Å²) in [5.74, 6) is -0.775. The number of hydrogen-bond acceptors (Lipinski definition) is 3. The van der Waals surface area contributed by atoms with Crippen LogP contribution in [0.3, 0.4) is 0 Å². The fourth-order valence-electron chi connectivity index (χ4n) is 1.72. The van der Waals surface area contributed by atoms with Gasteiger partial charge in [0.25, 0.3) is 0 Å². The molecule has 0 aliphatic carbocycles. The van der Waals surface area contributed by atoms with Gasteiger partial charge in [0.2, 0.25) is 0 Å². The van der Waals surface area contributed by atoms with E-state index < -0.39 is 12.1 Å². The number of hydrogen-bond donors (Lipinski definition) is 3. The Morgan fingerprint density at radius 1 is 0.917 bits per heavy atom. The Morgan fingerprint density at radius 3 is 2.12 bits per heavy atom. The van der Waals surface area contributed by atoms with Gasteiger partial charge < -0.3 is 15.3 Å². The van der Waals surface area contributed by atoms with Crippen molar-refractivity contribution in [3.63, 3.8) is 0 Å². The third-order valence-corrected chi connectivity index (χ3v) is 3.16. The normalized spacial score (nSPS) is 15.5.